The number of hydrogen-bond acceptors (Lipinski definition) is 4. The first kappa shape index (κ1) is 11.5. The lowest BCUT2D eigenvalue weighted by Gasteiger charge is -2.05. The molecule has 0 saturated carbocycles. The van der Waals surface area contributed by atoms with Crippen molar-refractivity contribution in [2.24, 2.45) is 0 Å². The normalized spacial score (nSPS) is 10.5. The number of nitrogens with zero attached hydrogens (tertiary/aromatic N) is 2. The van der Waals surface area contributed by atoms with E-state index in [1.165, 1.54) is 12.3 Å². The van der Waals surface area contributed by atoms with Gasteiger partial charge in [0, 0.05) is 24.4 Å². The number of anilines is 1. The molecular weight excluding hydrogens is 218 g/mol. The second kappa shape index (κ2) is 5.31. The Balaban J connectivity index is 3.00. The van der Waals surface area contributed by atoms with Crippen LogP contribution in [0.4, 0.5) is 5.82 Å². The number of carboxylic acid groups (broad SMARTS) is 1. The van der Waals surface area contributed by atoms with Crippen LogP contribution < -0.4 is 5.32 Å². The number of nitrogens with one attached hydrogen (secondary N) is 1. The molecule has 0 amide bonds. The maximum atomic E-state index is 10.3. The third-order valence-electron chi connectivity index (χ3n) is 1.54. The van der Waals surface area contributed by atoms with E-state index in [0.717, 1.165) is 6.08 Å². The van der Waals surface area contributed by atoms with Crippen molar-refractivity contribution in [2.75, 3.05) is 11.9 Å². The van der Waals surface area contributed by atoms with Crippen molar-refractivity contribution in [3.63, 3.8) is 0 Å². The predicted molar refractivity (Wildman–Crippen MR) is 57.9 cm³/mol. The van der Waals surface area contributed by atoms with E-state index >= 15 is 0 Å². The van der Waals surface area contributed by atoms with Gasteiger partial charge in [-0.1, -0.05) is 0 Å². The molecule has 0 spiro atoms. The molecule has 0 aromatic carbocycles. The van der Waals surface area contributed by atoms with E-state index < -0.39 is 5.97 Å². The molecule has 6 heteroatoms. The summed E-state index contributed by atoms with van der Waals surface area (Å²) < 4.78 is 0. The fourth-order valence-corrected chi connectivity index (χ4v) is 1.10. The molecule has 0 bridgehead atoms. The van der Waals surface area contributed by atoms with Crippen LogP contribution in [0.15, 0.2) is 12.3 Å². The predicted octanol–water partition coefficient (Wildman–Crippen LogP) is 1.66. The highest BCUT2D eigenvalue weighted by atomic mass is 35.5. The zero-order valence-electron chi connectivity index (χ0n) is 8.07. The monoisotopic (exact) mass is 227 g/mol. The van der Waals surface area contributed by atoms with E-state index in [1.807, 2.05) is 6.92 Å². The molecule has 0 aliphatic carbocycles. The quantitative estimate of drug-likeness (QED) is 0.604. The van der Waals surface area contributed by atoms with Crippen LogP contribution >= 0.6 is 11.6 Å². The third-order valence-corrected chi connectivity index (χ3v) is 1.72. The molecule has 1 aromatic heterocycles. The second-order valence-electron chi connectivity index (χ2n) is 2.64. The number of carbonyl (C=O) groups is 1. The SMILES string of the molecule is CCNc1nc(Cl)ncc1C=CC(=O)O. The maximum absolute atomic E-state index is 10.3. The van der Waals surface area contributed by atoms with Crippen molar-refractivity contribution < 1.29 is 9.90 Å². The van der Waals surface area contributed by atoms with Crippen LogP contribution in [0.2, 0.25) is 5.28 Å². The van der Waals surface area contributed by atoms with Gasteiger partial charge in [0.05, 0.1) is 0 Å². The zero-order valence-corrected chi connectivity index (χ0v) is 8.82. The maximum Gasteiger partial charge on any atom is 0.328 e. The van der Waals surface area contributed by atoms with E-state index in [-0.39, 0.29) is 5.28 Å². The van der Waals surface area contributed by atoms with Crippen molar-refractivity contribution in [2.45, 2.75) is 6.92 Å². The molecule has 0 aliphatic rings. The van der Waals surface area contributed by atoms with Crippen LogP contribution in [-0.4, -0.2) is 27.6 Å². The average molecular weight is 228 g/mol. The van der Waals surface area contributed by atoms with E-state index in [1.54, 1.807) is 0 Å². The van der Waals surface area contributed by atoms with Gasteiger partial charge in [0.15, 0.2) is 0 Å². The van der Waals surface area contributed by atoms with Crippen LogP contribution in [0.5, 0.6) is 0 Å². The van der Waals surface area contributed by atoms with E-state index in [4.69, 9.17) is 16.7 Å². The number of carboxylic acids is 1. The molecule has 80 valence electrons. The highest BCUT2D eigenvalue weighted by Gasteiger charge is 2.02. The Morgan fingerprint density at radius 2 is 2.47 bits per heavy atom. The molecule has 15 heavy (non-hydrogen) atoms. The molecule has 0 unspecified atom stereocenters. The summed E-state index contributed by atoms with van der Waals surface area (Å²) in [5.41, 5.74) is 0.587. The third kappa shape index (κ3) is 3.55. The smallest absolute Gasteiger partial charge is 0.328 e. The van der Waals surface area contributed by atoms with Gasteiger partial charge in [-0.3, -0.25) is 0 Å². The van der Waals surface area contributed by atoms with Crippen molar-refractivity contribution in [1.29, 1.82) is 0 Å². The standard InChI is InChI=1S/C9H10ClN3O2/c1-2-11-8-6(3-4-7(14)15)5-12-9(10)13-8/h3-5H,2H2,1H3,(H,14,15)(H,11,12,13). The Labute approximate surface area is 91.8 Å². The summed E-state index contributed by atoms with van der Waals surface area (Å²) in [4.78, 5) is 18.0. The molecular formula is C9H10ClN3O2. The molecule has 0 fully saturated rings. The largest absolute Gasteiger partial charge is 0.478 e. The molecule has 0 saturated heterocycles. The molecule has 0 aliphatic heterocycles. The van der Waals surface area contributed by atoms with Gasteiger partial charge in [-0.05, 0) is 24.6 Å². The van der Waals surface area contributed by atoms with Crippen molar-refractivity contribution in [1.82, 2.24) is 9.97 Å². The molecule has 1 rings (SSSR count). The summed E-state index contributed by atoms with van der Waals surface area (Å²) in [6.07, 6.45) is 3.90. The minimum atomic E-state index is -1.02. The molecule has 5 nitrogen and oxygen atoms in total. The second-order valence-corrected chi connectivity index (χ2v) is 2.98. The molecule has 0 radical (unpaired) electrons. The highest BCUT2D eigenvalue weighted by molar-refractivity contribution is 6.28. The first-order valence-electron chi connectivity index (χ1n) is 4.31. The van der Waals surface area contributed by atoms with Gasteiger partial charge in [-0.2, -0.15) is 0 Å². The minimum absolute atomic E-state index is 0.124. The number of aliphatic carboxylic acids is 1. The van der Waals surface area contributed by atoms with Crippen molar-refractivity contribution in [3.05, 3.63) is 23.1 Å². The van der Waals surface area contributed by atoms with Gasteiger partial charge < -0.3 is 10.4 Å². The van der Waals surface area contributed by atoms with Gasteiger partial charge in [0.2, 0.25) is 5.28 Å². The van der Waals surface area contributed by atoms with E-state index in [9.17, 15) is 4.79 Å². The van der Waals surface area contributed by atoms with Crippen molar-refractivity contribution in [3.8, 4) is 0 Å². The number of aromatic nitrogens is 2. The van der Waals surface area contributed by atoms with E-state index in [2.05, 4.69) is 15.3 Å². The lowest BCUT2D eigenvalue weighted by atomic mass is 10.3. The zero-order chi connectivity index (χ0) is 11.3. The highest BCUT2D eigenvalue weighted by Crippen LogP contribution is 2.15. The Morgan fingerprint density at radius 1 is 1.73 bits per heavy atom. The van der Waals surface area contributed by atoms with Gasteiger partial charge in [0.1, 0.15) is 5.82 Å². The summed E-state index contributed by atoms with van der Waals surface area (Å²) in [6, 6.07) is 0. The average Bonchev–Trinajstić information content (AvgIpc) is 2.17. The fourth-order valence-electron chi connectivity index (χ4n) is 0.962. The van der Waals surface area contributed by atoms with Crippen LogP contribution in [-0.2, 0) is 4.79 Å². The van der Waals surface area contributed by atoms with Crippen LogP contribution in [0.25, 0.3) is 6.08 Å². The topological polar surface area (TPSA) is 75.1 Å². The summed E-state index contributed by atoms with van der Waals surface area (Å²) in [7, 11) is 0. The van der Waals surface area contributed by atoms with Crippen molar-refractivity contribution >= 4 is 29.5 Å². The fraction of sp³-hybridized carbons (Fsp3) is 0.222. The summed E-state index contributed by atoms with van der Waals surface area (Å²) >= 11 is 5.61. The van der Waals surface area contributed by atoms with Gasteiger partial charge in [-0.15, -0.1) is 0 Å². The Morgan fingerprint density at radius 3 is 3.07 bits per heavy atom. The minimum Gasteiger partial charge on any atom is -0.478 e. The van der Waals surface area contributed by atoms with Gasteiger partial charge in [0.25, 0.3) is 0 Å². The molecule has 1 aromatic rings. The molecule has 2 N–H and O–H groups in total. The molecule has 0 atom stereocenters. The van der Waals surface area contributed by atoms with Gasteiger partial charge in [-0.25, -0.2) is 14.8 Å². The van der Waals surface area contributed by atoms with Crippen LogP contribution in [0, 0.1) is 0 Å². The Bertz CT molecular complexity index is 393. The summed E-state index contributed by atoms with van der Waals surface area (Å²) in [5.74, 6) is -0.498. The first-order chi connectivity index (χ1) is 7.13. The van der Waals surface area contributed by atoms with E-state index in [0.29, 0.717) is 17.9 Å². The summed E-state index contributed by atoms with van der Waals surface area (Å²) in [5, 5.41) is 11.6. The number of rotatable bonds is 4. The number of halogens is 1. The Hall–Kier alpha value is -1.62. The van der Waals surface area contributed by atoms with Crippen LogP contribution in [0.3, 0.4) is 0 Å². The lowest BCUT2D eigenvalue weighted by molar-refractivity contribution is -0.131. The lowest BCUT2D eigenvalue weighted by Crippen LogP contribution is -2.02. The number of hydrogen-bond donors (Lipinski definition) is 2. The summed E-state index contributed by atoms with van der Waals surface area (Å²) in [6.45, 7) is 2.57. The van der Waals surface area contributed by atoms with Gasteiger partial charge >= 0.3 is 5.97 Å². The first-order valence-corrected chi connectivity index (χ1v) is 4.68. The molecule has 1 heterocycles. The van der Waals surface area contributed by atoms with Crippen LogP contribution in [0.1, 0.15) is 12.5 Å². The Kier molecular flexibility index (Phi) is 4.05.